The lowest BCUT2D eigenvalue weighted by atomic mass is 9.95. The van der Waals surface area contributed by atoms with E-state index in [1.54, 1.807) is 6.20 Å². The highest BCUT2D eigenvalue weighted by molar-refractivity contribution is 5.79. The number of amides is 1. The van der Waals surface area contributed by atoms with Crippen LogP contribution in [0, 0.1) is 5.92 Å². The summed E-state index contributed by atoms with van der Waals surface area (Å²) in [7, 11) is 0. The summed E-state index contributed by atoms with van der Waals surface area (Å²) in [5.74, 6) is 0.581. The van der Waals surface area contributed by atoms with Crippen molar-refractivity contribution in [2.45, 2.75) is 96.8 Å². The minimum atomic E-state index is 0.259. The molecule has 1 fully saturated rings. The molecule has 2 nitrogen and oxygen atoms in total. The normalized spacial score (nSPS) is 19.2. The van der Waals surface area contributed by atoms with Crippen LogP contribution in [0.5, 0.6) is 0 Å². The summed E-state index contributed by atoms with van der Waals surface area (Å²) < 4.78 is 0. The summed E-state index contributed by atoms with van der Waals surface area (Å²) in [4.78, 5) is 14.2. The fraction of sp³-hybridized carbons (Fsp3) is 0.850. The van der Waals surface area contributed by atoms with Gasteiger partial charge in [0.15, 0.2) is 0 Å². The molecule has 1 saturated heterocycles. The average molecular weight is 308 g/mol. The Bertz CT molecular complexity index is 300. The third-order valence-electron chi connectivity index (χ3n) is 4.96. The minimum Gasteiger partial charge on any atom is -0.319 e. The highest BCUT2D eigenvalue weighted by Gasteiger charge is 2.24. The van der Waals surface area contributed by atoms with Crippen molar-refractivity contribution >= 4 is 5.91 Å². The van der Waals surface area contributed by atoms with Crippen molar-refractivity contribution in [3.05, 3.63) is 12.8 Å². The van der Waals surface area contributed by atoms with E-state index in [-0.39, 0.29) is 5.92 Å². The number of nitrogens with zero attached hydrogens (tertiary/aromatic N) is 1. The summed E-state index contributed by atoms with van der Waals surface area (Å²) in [5.41, 5.74) is 0. The Balaban J connectivity index is 2.01. The molecule has 0 aromatic heterocycles. The second-order valence-corrected chi connectivity index (χ2v) is 6.88. The number of carbonyl (C=O) groups is 1. The quantitative estimate of drug-likeness (QED) is 0.401. The lowest BCUT2D eigenvalue weighted by Crippen LogP contribution is -2.30. The van der Waals surface area contributed by atoms with E-state index in [0.717, 1.165) is 25.8 Å². The van der Waals surface area contributed by atoms with Gasteiger partial charge in [-0.05, 0) is 25.5 Å². The van der Waals surface area contributed by atoms with Crippen LogP contribution in [-0.2, 0) is 4.79 Å². The Morgan fingerprint density at radius 1 is 1.00 bits per heavy atom. The molecule has 2 heteroatoms. The molecule has 0 N–H and O–H groups in total. The van der Waals surface area contributed by atoms with Crippen LogP contribution < -0.4 is 0 Å². The van der Waals surface area contributed by atoms with E-state index in [0.29, 0.717) is 5.91 Å². The molecule has 0 radical (unpaired) electrons. The van der Waals surface area contributed by atoms with E-state index < -0.39 is 0 Å². The van der Waals surface area contributed by atoms with Crippen LogP contribution >= 0.6 is 0 Å². The third-order valence-corrected chi connectivity index (χ3v) is 4.96. The zero-order chi connectivity index (χ0) is 16.0. The zero-order valence-electron chi connectivity index (χ0n) is 14.8. The molecule has 0 aliphatic carbocycles. The smallest absolute Gasteiger partial charge is 0.229 e. The topological polar surface area (TPSA) is 20.3 Å². The number of hydrogen-bond donors (Lipinski definition) is 0. The second kappa shape index (κ2) is 12.7. The van der Waals surface area contributed by atoms with Gasteiger partial charge in [-0.1, -0.05) is 84.1 Å². The van der Waals surface area contributed by atoms with Gasteiger partial charge in [-0.2, -0.15) is 0 Å². The van der Waals surface area contributed by atoms with Crippen molar-refractivity contribution < 1.29 is 4.79 Å². The zero-order valence-corrected chi connectivity index (χ0v) is 14.8. The molecule has 0 aromatic carbocycles. The highest BCUT2D eigenvalue weighted by Crippen LogP contribution is 2.23. The molecule has 0 saturated carbocycles. The van der Waals surface area contributed by atoms with Crippen molar-refractivity contribution in [3.63, 3.8) is 0 Å². The van der Waals surface area contributed by atoms with Gasteiger partial charge in [0.05, 0.1) is 0 Å². The third kappa shape index (κ3) is 8.00. The number of carbonyl (C=O) groups excluding carboxylic acids is 1. The summed E-state index contributed by atoms with van der Waals surface area (Å²) in [5, 5.41) is 0. The predicted octanol–water partition coefficient (Wildman–Crippen LogP) is 6.07. The molecule has 1 rings (SSSR count). The molecule has 0 bridgehead atoms. The molecule has 1 unspecified atom stereocenters. The Hall–Kier alpha value is -0.790. The Labute approximate surface area is 138 Å². The monoisotopic (exact) mass is 307 g/mol. The standard InChI is InChI=1S/C20H37NO/c1-3-5-6-7-8-9-10-11-12-13-16-19-17-14-15-18-21(4-2)20(19)22/h4,19H,2-3,5-18H2,1H3. The summed E-state index contributed by atoms with van der Waals surface area (Å²) >= 11 is 0. The summed E-state index contributed by atoms with van der Waals surface area (Å²) in [6.45, 7) is 6.92. The van der Waals surface area contributed by atoms with E-state index in [9.17, 15) is 4.79 Å². The number of rotatable bonds is 12. The molecule has 1 atom stereocenters. The number of unbranched alkanes of at least 4 members (excludes halogenated alkanes) is 9. The van der Waals surface area contributed by atoms with Crippen LogP contribution in [0.25, 0.3) is 0 Å². The fourth-order valence-electron chi connectivity index (χ4n) is 3.47. The summed E-state index contributed by atoms with van der Waals surface area (Å²) in [6, 6.07) is 0. The van der Waals surface area contributed by atoms with Crippen molar-refractivity contribution in [1.82, 2.24) is 4.90 Å². The molecular formula is C20H37NO. The Kier molecular flexibility index (Phi) is 11.1. The second-order valence-electron chi connectivity index (χ2n) is 6.88. The molecular weight excluding hydrogens is 270 g/mol. The van der Waals surface area contributed by atoms with E-state index >= 15 is 0 Å². The van der Waals surface area contributed by atoms with Crippen molar-refractivity contribution in [1.29, 1.82) is 0 Å². The van der Waals surface area contributed by atoms with Gasteiger partial charge in [-0.3, -0.25) is 4.79 Å². The molecule has 128 valence electrons. The number of likely N-dealkylation sites (tertiary alicyclic amines) is 1. The summed E-state index contributed by atoms with van der Waals surface area (Å²) in [6.07, 6.45) is 19.8. The SMILES string of the molecule is C=CN1CCCCC(CCCCCCCCCCCC)C1=O. The minimum absolute atomic E-state index is 0.259. The maximum Gasteiger partial charge on any atom is 0.229 e. The average Bonchev–Trinajstić information content (AvgIpc) is 2.71. The molecule has 1 heterocycles. The largest absolute Gasteiger partial charge is 0.319 e. The fourth-order valence-corrected chi connectivity index (χ4v) is 3.47. The molecule has 1 aliphatic heterocycles. The lowest BCUT2D eigenvalue weighted by Gasteiger charge is -2.20. The van der Waals surface area contributed by atoms with Crippen LogP contribution in [0.1, 0.15) is 96.8 Å². The van der Waals surface area contributed by atoms with Gasteiger partial charge in [0, 0.05) is 12.5 Å². The maximum absolute atomic E-state index is 12.3. The first-order chi connectivity index (χ1) is 10.8. The van der Waals surface area contributed by atoms with Gasteiger partial charge in [0.2, 0.25) is 5.91 Å². The number of hydrogen-bond acceptors (Lipinski definition) is 1. The molecule has 1 amide bonds. The highest BCUT2D eigenvalue weighted by atomic mass is 16.2. The first-order valence-electron chi connectivity index (χ1n) is 9.72. The van der Waals surface area contributed by atoms with Gasteiger partial charge in [0.1, 0.15) is 0 Å². The van der Waals surface area contributed by atoms with Crippen molar-refractivity contribution in [2.75, 3.05) is 6.54 Å². The Morgan fingerprint density at radius 3 is 2.18 bits per heavy atom. The van der Waals surface area contributed by atoms with Crippen molar-refractivity contribution in [2.24, 2.45) is 5.92 Å². The lowest BCUT2D eigenvalue weighted by molar-refractivity contribution is -0.132. The maximum atomic E-state index is 12.3. The van der Waals surface area contributed by atoms with Gasteiger partial charge < -0.3 is 4.90 Å². The van der Waals surface area contributed by atoms with Gasteiger partial charge >= 0.3 is 0 Å². The predicted molar refractivity (Wildman–Crippen MR) is 95.7 cm³/mol. The van der Waals surface area contributed by atoms with E-state index in [1.165, 1.54) is 70.6 Å². The first-order valence-corrected chi connectivity index (χ1v) is 9.72. The van der Waals surface area contributed by atoms with Crippen LogP contribution in [0.4, 0.5) is 0 Å². The molecule has 22 heavy (non-hydrogen) atoms. The van der Waals surface area contributed by atoms with Crippen LogP contribution in [0.15, 0.2) is 12.8 Å². The molecule has 1 aliphatic rings. The van der Waals surface area contributed by atoms with Gasteiger partial charge in [-0.25, -0.2) is 0 Å². The Morgan fingerprint density at radius 2 is 1.59 bits per heavy atom. The first kappa shape index (κ1) is 19.3. The molecule has 0 spiro atoms. The molecule has 0 aromatic rings. The van der Waals surface area contributed by atoms with Crippen LogP contribution in [0.3, 0.4) is 0 Å². The van der Waals surface area contributed by atoms with E-state index in [1.807, 2.05) is 4.90 Å². The van der Waals surface area contributed by atoms with E-state index in [4.69, 9.17) is 0 Å². The van der Waals surface area contributed by atoms with Gasteiger partial charge in [0.25, 0.3) is 0 Å². The van der Waals surface area contributed by atoms with Crippen molar-refractivity contribution in [3.8, 4) is 0 Å². The van der Waals surface area contributed by atoms with Crippen LogP contribution in [0.2, 0.25) is 0 Å². The van der Waals surface area contributed by atoms with Gasteiger partial charge in [-0.15, -0.1) is 0 Å². The van der Waals surface area contributed by atoms with E-state index in [2.05, 4.69) is 13.5 Å². The van der Waals surface area contributed by atoms with Crippen LogP contribution in [-0.4, -0.2) is 17.4 Å².